The predicted molar refractivity (Wildman–Crippen MR) is 55.9 cm³/mol. The highest BCUT2D eigenvalue weighted by atomic mass is 16.5. The molecule has 0 aliphatic rings. The van der Waals surface area contributed by atoms with E-state index in [-0.39, 0.29) is 5.97 Å². The second-order valence-electron chi connectivity index (χ2n) is 3.99. The molecule has 3 nitrogen and oxygen atoms in total. The molecule has 0 heterocycles. The van der Waals surface area contributed by atoms with E-state index in [1.54, 1.807) is 46.8 Å². The number of carbonyl (C=O) groups excluding carboxylic acids is 1. The van der Waals surface area contributed by atoms with Crippen molar-refractivity contribution in [3.05, 3.63) is 12.2 Å². The average Bonchev–Trinajstić information content (AvgIpc) is 2.04. The minimum atomic E-state index is -1.19. The maximum Gasteiger partial charge on any atom is 0.314 e. The first-order chi connectivity index (χ1) is 6.29. The van der Waals surface area contributed by atoms with E-state index in [0.29, 0.717) is 6.61 Å². The van der Waals surface area contributed by atoms with Gasteiger partial charge in [-0.25, -0.2) is 0 Å². The molecule has 0 saturated heterocycles. The molecular formula is C11H20O3. The first kappa shape index (κ1) is 13.2. The summed E-state index contributed by atoms with van der Waals surface area (Å²) in [5.74, 6) is -0.386. The fraction of sp³-hybridized carbons (Fsp3) is 0.727. The zero-order valence-corrected chi connectivity index (χ0v) is 9.63. The molecular weight excluding hydrogens is 180 g/mol. The predicted octanol–water partition coefficient (Wildman–Crippen LogP) is 1.90. The molecule has 0 rings (SSSR count). The van der Waals surface area contributed by atoms with E-state index < -0.39 is 11.0 Å². The fourth-order valence-electron chi connectivity index (χ4n) is 1.05. The molecule has 0 aliphatic carbocycles. The summed E-state index contributed by atoms with van der Waals surface area (Å²) >= 11 is 0. The number of esters is 1. The Balaban J connectivity index is 4.83. The van der Waals surface area contributed by atoms with E-state index in [2.05, 4.69) is 0 Å². The molecule has 0 amide bonds. The Bertz CT molecular complexity index is 227. The summed E-state index contributed by atoms with van der Waals surface area (Å²) in [6, 6.07) is 0. The summed E-state index contributed by atoms with van der Waals surface area (Å²) in [5.41, 5.74) is -2.12. The van der Waals surface area contributed by atoms with Crippen LogP contribution >= 0.6 is 0 Å². The lowest BCUT2D eigenvalue weighted by Gasteiger charge is -2.35. The maximum atomic E-state index is 11.6. The highest BCUT2D eigenvalue weighted by Crippen LogP contribution is 2.33. The van der Waals surface area contributed by atoms with Gasteiger partial charge in [-0.05, 0) is 34.6 Å². The van der Waals surface area contributed by atoms with E-state index in [0.717, 1.165) is 0 Å². The number of allylic oxidation sites excluding steroid dienone is 1. The van der Waals surface area contributed by atoms with Crippen LogP contribution in [0.15, 0.2) is 12.2 Å². The Labute approximate surface area is 85.8 Å². The average molecular weight is 200 g/mol. The molecule has 0 aromatic carbocycles. The van der Waals surface area contributed by atoms with Gasteiger partial charge in [-0.3, -0.25) is 4.79 Å². The molecule has 0 spiro atoms. The molecule has 1 atom stereocenters. The Morgan fingerprint density at radius 3 is 2.29 bits per heavy atom. The second-order valence-corrected chi connectivity index (χ2v) is 3.99. The minimum Gasteiger partial charge on any atom is -0.465 e. The van der Waals surface area contributed by atoms with Crippen molar-refractivity contribution in [1.29, 1.82) is 0 Å². The van der Waals surface area contributed by atoms with Crippen LogP contribution in [-0.2, 0) is 9.53 Å². The number of hydrogen-bond acceptors (Lipinski definition) is 3. The smallest absolute Gasteiger partial charge is 0.314 e. The van der Waals surface area contributed by atoms with Gasteiger partial charge in [-0.1, -0.05) is 12.2 Å². The Hall–Kier alpha value is -0.830. The Morgan fingerprint density at radius 2 is 1.93 bits per heavy atom. The van der Waals surface area contributed by atoms with Crippen molar-refractivity contribution in [2.24, 2.45) is 5.41 Å². The van der Waals surface area contributed by atoms with Crippen molar-refractivity contribution < 1.29 is 14.6 Å². The zero-order chi connectivity index (χ0) is 11.4. The van der Waals surface area contributed by atoms with Gasteiger partial charge >= 0.3 is 5.97 Å². The highest BCUT2D eigenvalue weighted by molar-refractivity contribution is 5.78. The van der Waals surface area contributed by atoms with Gasteiger partial charge in [0.25, 0.3) is 0 Å². The van der Waals surface area contributed by atoms with Crippen LogP contribution in [0, 0.1) is 5.41 Å². The molecule has 14 heavy (non-hydrogen) atoms. The first-order valence-electron chi connectivity index (χ1n) is 4.83. The molecule has 82 valence electrons. The largest absolute Gasteiger partial charge is 0.465 e. The van der Waals surface area contributed by atoms with Crippen molar-refractivity contribution in [2.75, 3.05) is 6.61 Å². The van der Waals surface area contributed by atoms with Gasteiger partial charge in [0, 0.05) is 0 Å². The number of aliphatic hydroxyl groups is 1. The molecule has 3 heteroatoms. The third-order valence-electron chi connectivity index (χ3n) is 2.54. The van der Waals surface area contributed by atoms with Crippen LogP contribution in [0.5, 0.6) is 0 Å². The van der Waals surface area contributed by atoms with Crippen LogP contribution in [0.3, 0.4) is 0 Å². The molecule has 0 fully saturated rings. The van der Waals surface area contributed by atoms with Crippen LogP contribution in [0.4, 0.5) is 0 Å². The van der Waals surface area contributed by atoms with Gasteiger partial charge in [0.1, 0.15) is 0 Å². The van der Waals surface area contributed by atoms with E-state index in [4.69, 9.17) is 4.74 Å². The van der Waals surface area contributed by atoms with Gasteiger partial charge in [0.15, 0.2) is 0 Å². The molecule has 0 aromatic rings. The van der Waals surface area contributed by atoms with Crippen LogP contribution < -0.4 is 0 Å². The molecule has 0 saturated carbocycles. The van der Waals surface area contributed by atoms with E-state index in [1.807, 2.05) is 0 Å². The SMILES string of the molecule is CC=CC(C)(O)C(C)(C)C(=O)OCC. The summed E-state index contributed by atoms with van der Waals surface area (Å²) in [4.78, 5) is 11.6. The van der Waals surface area contributed by atoms with Crippen LogP contribution in [-0.4, -0.2) is 23.3 Å². The van der Waals surface area contributed by atoms with Crippen molar-refractivity contribution >= 4 is 5.97 Å². The molecule has 0 radical (unpaired) electrons. The van der Waals surface area contributed by atoms with Crippen LogP contribution in [0.1, 0.15) is 34.6 Å². The summed E-state index contributed by atoms with van der Waals surface area (Å²) < 4.78 is 4.91. The zero-order valence-electron chi connectivity index (χ0n) is 9.63. The topological polar surface area (TPSA) is 46.5 Å². The van der Waals surface area contributed by atoms with Gasteiger partial charge in [-0.2, -0.15) is 0 Å². The number of hydrogen-bond donors (Lipinski definition) is 1. The molecule has 0 bridgehead atoms. The Morgan fingerprint density at radius 1 is 1.43 bits per heavy atom. The quantitative estimate of drug-likeness (QED) is 0.557. The van der Waals surface area contributed by atoms with E-state index in [1.165, 1.54) is 0 Å². The highest BCUT2D eigenvalue weighted by Gasteiger charge is 2.44. The van der Waals surface area contributed by atoms with Gasteiger partial charge in [0.05, 0.1) is 17.6 Å². The van der Waals surface area contributed by atoms with Gasteiger partial charge in [0.2, 0.25) is 0 Å². The summed E-state index contributed by atoms with van der Waals surface area (Å²) in [7, 11) is 0. The number of ether oxygens (including phenoxy) is 1. The lowest BCUT2D eigenvalue weighted by atomic mass is 9.76. The normalized spacial score (nSPS) is 16.7. The number of carbonyl (C=O) groups is 1. The third-order valence-corrected chi connectivity index (χ3v) is 2.54. The van der Waals surface area contributed by atoms with E-state index in [9.17, 15) is 9.90 Å². The third kappa shape index (κ3) is 2.58. The van der Waals surface area contributed by atoms with E-state index >= 15 is 0 Å². The molecule has 0 aliphatic heterocycles. The van der Waals surface area contributed by atoms with Crippen molar-refractivity contribution in [3.63, 3.8) is 0 Å². The molecule has 0 aromatic heterocycles. The van der Waals surface area contributed by atoms with Crippen LogP contribution in [0.25, 0.3) is 0 Å². The standard InChI is InChI=1S/C11H20O3/c1-6-8-11(5,13)10(3,4)9(12)14-7-2/h6,8,13H,7H2,1-5H3. The second kappa shape index (κ2) is 4.60. The molecule has 1 N–H and O–H groups in total. The minimum absolute atomic E-state index is 0.328. The fourth-order valence-corrected chi connectivity index (χ4v) is 1.05. The monoisotopic (exact) mass is 200 g/mol. The van der Waals surface area contributed by atoms with Gasteiger partial charge < -0.3 is 9.84 Å². The summed E-state index contributed by atoms with van der Waals surface area (Å²) in [6.45, 7) is 8.82. The lowest BCUT2D eigenvalue weighted by molar-refractivity contribution is -0.164. The maximum absolute atomic E-state index is 11.6. The van der Waals surface area contributed by atoms with Crippen molar-refractivity contribution in [1.82, 2.24) is 0 Å². The summed E-state index contributed by atoms with van der Waals surface area (Å²) in [5, 5.41) is 10.1. The Kier molecular flexibility index (Phi) is 4.33. The summed E-state index contributed by atoms with van der Waals surface area (Å²) in [6.07, 6.45) is 3.32. The number of rotatable bonds is 4. The lowest BCUT2D eigenvalue weighted by Crippen LogP contribution is -2.46. The first-order valence-corrected chi connectivity index (χ1v) is 4.83. The van der Waals surface area contributed by atoms with Crippen molar-refractivity contribution in [2.45, 2.75) is 40.2 Å². The van der Waals surface area contributed by atoms with Crippen LogP contribution in [0.2, 0.25) is 0 Å². The van der Waals surface area contributed by atoms with Gasteiger partial charge in [-0.15, -0.1) is 0 Å². The van der Waals surface area contributed by atoms with Crippen molar-refractivity contribution in [3.8, 4) is 0 Å². The molecule has 1 unspecified atom stereocenters.